The van der Waals surface area contributed by atoms with Crippen molar-refractivity contribution >= 4 is 11.8 Å². The van der Waals surface area contributed by atoms with E-state index >= 15 is 0 Å². The van der Waals surface area contributed by atoms with Crippen LogP contribution in [0.1, 0.15) is 40.7 Å². The number of benzene rings is 2. The van der Waals surface area contributed by atoms with Crippen LogP contribution in [-0.2, 0) is 0 Å². The standard InChI is InChI=1S/C22H20N4O3/c1-15-19(20(27)25-14-8-13-18(25)16-9-4-2-5-10-16)29-22-23-21(24-26(15)22)28-17-11-6-3-7-12-17/h2-7,9-12,18H,8,13-14H2,1H3. The predicted molar refractivity (Wildman–Crippen MR) is 106 cm³/mol. The van der Waals surface area contributed by atoms with Gasteiger partial charge < -0.3 is 14.1 Å². The van der Waals surface area contributed by atoms with Crippen molar-refractivity contribution in [1.82, 2.24) is 19.5 Å². The number of aromatic nitrogens is 3. The molecular formula is C22H20N4O3. The van der Waals surface area contributed by atoms with Gasteiger partial charge >= 0.3 is 11.9 Å². The number of oxazole rings is 1. The van der Waals surface area contributed by atoms with E-state index in [1.54, 1.807) is 6.92 Å². The minimum absolute atomic E-state index is 0.0606. The van der Waals surface area contributed by atoms with Crippen LogP contribution in [-0.4, -0.2) is 31.9 Å². The van der Waals surface area contributed by atoms with E-state index in [1.165, 1.54) is 4.52 Å². The predicted octanol–water partition coefficient (Wildman–Crippen LogP) is 4.40. The fourth-order valence-electron chi connectivity index (χ4n) is 3.82. The summed E-state index contributed by atoms with van der Waals surface area (Å²) in [5, 5.41) is 4.33. The molecule has 0 bridgehead atoms. The molecule has 0 aliphatic carbocycles. The van der Waals surface area contributed by atoms with E-state index in [4.69, 9.17) is 9.15 Å². The molecule has 1 amide bonds. The van der Waals surface area contributed by atoms with Gasteiger partial charge in [0.05, 0.1) is 11.7 Å². The van der Waals surface area contributed by atoms with Gasteiger partial charge in [0.1, 0.15) is 5.75 Å². The zero-order chi connectivity index (χ0) is 19.8. The van der Waals surface area contributed by atoms with E-state index in [2.05, 4.69) is 22.2 Å². The Bertz CT molecular complexity index is 1150. The Hall–Kier alpha value is -3.61. The fraction of sp³-hybridized carbons (Fsp3) is 0.227. The van der Waals surface area contributed by atoms with Crippen LogP contribution < -0.4 is 4.74 Å². The number of fused-ring (bicyclic) bond motifs is 1. The number of ether oxygens (including phenoxy) is 1. The van der Waals surface area contributed by atoms with E-state index in [9.17, 15) is 4.79 Å². The van der Waals surface area contributed by atoms with E-state index in [0.717, 1.165) is 18.4 Å². The Balaban J connectivity index is 1.42. The summed E-state index contributed by atoms with van der Waals surface area (Å²) in [6.45, 7) is 2.51. The molecule has 4 aromatic rings. The molecule has 1 fully saturated rings. The molecule has 1 aliphatic rings. The molecule has 2 aromatic carbocycles. The summed E-state index contributed by atoms with van der Waals surface area (Å²) in [5.74, 6) is 1.02. The van der Waals surface area contributed by atoms with Crippen LogP contribution in [0.2, 0.25) is 0 Å². The summed E-state index contributed by atoms with van der Waals surface area (Å²) in [5.41, 5.74) is 1.75. The highest BCUT2D eigenvalue weighted by atomic mass is 16.5. The van der Waals surface area contributed by atoms with Crippen LogP contribution in [0.25, 0.3) is 5.84 Å². The van der Waals surface area contributed by atoms with E-state index in [-0.39, 0.29) is 29.6 Å². The van der Waals surface area contributed by atoms with Gasteiger partial charge in [-0.3, -0.25) is 4.79 Å². The highest BCUT2D eigenvalue weighted by molar-refractivity contribution is 5.93. The van der Waals surface area contributed by atoms with Crippen molar-refractivity contribution in [1.29, 1.82) is 0 Å². The maximum absolute atomic E-state index is 13.2. The molecule has 1 unspecified atom stereocenters. The Morgan fingerprint density at radius 3 is 2.55 bits per heavy atom. The Morgan fingerprint density at radius 2 is 1.83 bits per heavy atom. The maximum Gasteiger partial charge on any atom is 0.344 e. The average molecular weight is 388 g/mol. The first kappa shape index (κ1) is 17.5. The normalized spacial score (nSPS) is 16.4. The fourth-order valence-corrected chi connectivity index (χ4v) is 3.82. The summed E-state index contributed by atoms with van der Waals surface area (Å²) in [6, 6.07) is 19.6. The molecular weight excluding hydrogens is 368 g/mol. The summed E-state index contributed by atoms with van der Waals surface area (Å²) < 4.78 is 13.0. The lowest BCUT2D eigenvalue weighted by molar-refractivity contribution is 0.0704. The van der Waals surface area contributed by atoms with Gasteiger partial charge in [0, 0.05) is 6.54 Å². The van der Waals surface area contributed by atoms with Gasteiger partial charge in [0.2, 0.25) is 5.76 Å². The third-order valence-corrected chi connectivity index (χ3v) is 5.24. The average Bonchev–Trinajstić information content (AvgIpc) is 3.46. The number of carbonyl (C=O) groups excluding carboxylic acids is 1. The van der Waals surface area contributed by atoms with Crippen LogP contribution in [0.4, 0.5) is 0 Å². The van der Waals surface area contributed by atoms with Gasteiger partial charge in [-0.25, -0.2) is 0 Å². The lowest BCUT2D eigenvalue weighted by Gasteiger charge is -2.24. The van der Waals surface area contributed by atoms with Crippen molar-refractivity contribution in [3.05, 3.63) is 77.7 Å². The van der Waals surface area contributed by atoms with Crippen molar-refractivity contribution in [2.45, 2.75) is 25.8 Å². The van der Waals surface area contributed by atoms with Gasteiger partial charge in [-0.1, -0.05) is 48.5 Å². The Kier molecular flexibility index (Phi) is 4.27. The van der Waals surface area contributed by atoms with E-state index < -0.39 is 0 Å². The minimum Gasteiger partial charge on any atom is -0.423 e. The van der Waals surface area contributed by atoms with E-state index in [1.807, 2.05) is 53.4 Å². The quantitative estimate of drug-likeness (QED) is 0.518. The second-order valence-electron chi connectivity index (χ2n) is 7.09. The Labute approximate surface area is 167 Å². The molecule has 0 radical (unpaired) electrons. The molecule has 5 rings (SSSR count). The second-order valence-corrected chi connectivity index (χ2v) is 7.09. The zero-order valence-electron chi connectivity index (χ0n) is 16.0. The SMILES string of the molecule is Cc1c(C(=O)N2CCCC2c2ccccc2)oc2nc(Oc3ccccc3)nn12. The number of aryl methyl sites for hydroxylation is 1. The van der Waals surface area contributed by atoms with Crippen molar-refractivity contribution < 1.29 is 13.9 Å². The summed E-state index contributed by atoms with van der Waals surface area (Å²) in [6.07, 6.45) is 1.91. The second kappa shape index (κ2) is 7.09. The number of nitrogens with zero attached hydrogens (tertiary/aromatic N) is 4. The molecule has 3 heterocycles. The lowest BCUT2D eigenvalue weighted by Crippen LogP contribution is -2.30. The number of hydrogen-bond acceptors (Lipinski definition) is 5. The topological polar surface area (TPSA) is 72.9 Å². The van der Waals surface area contributed by atoms with Crippen LogP contribution in [0.3, 0.4) is 0 Å². The number of hydrogen-bond donors (Lipinski definition) is 0. The van der Waals surface area contributed by atoms with Gasteiger partial charge in [-0.05, 0) is 37.5 Å². The summed E-state index contributed by atoms with van der Waals surface area (Å²) in [7, 11) is 0. The van der Waals surface area contributed by atoms with Crippen LogP contribution in [0.15, 0.2) is 65.1 Å². The third-order valence-electron chi connectivity index (χ3n) is 5.24. The van der Waals surface area contributed by atoms with Crippen LogP contribution in [0.5, 0.6) is 11.8 Å². The lowest BCUT2D eigenvalue weighted by atomic mass is 10.0. The van der Waals surface area contributed by atoms with Gasteiger partial charge in [0.15, 0.2) is 0 Å². The smallest absolute Gasteiger partial charge is 0.344 e. The molecule has 29 heavy (non-hydrogen) atoms. The highest BCUT2D eigenvalue weighted by Gasteiger charge is 2.34. The first-order valence-electron chi connectivity index (χ1n) is 9.65. The molecule has 7 heteroatoms. The molecule has 0 spiro atoms. The van der Waals surface area contributed by atoms with Crippen LogP contribution in [0, 0.1) is 6.92 Å². The minimum atomic E-state index is -0.133. The number of likely N-dealkylation sites (tertiary alicyclic amines) is 1. The summed E-state index contributed by atoms with van der Waals surface area (Å²) in [4.78, 5) is 19.4. The van der Waals surface area contributed by atoms with Crippen LogP contribution >= 0.6 is 0 Å². The molecule has 0 saturated carbocycles. The number of amides is 1. The first-order valence-corrected chi connectivity index (χ1v) is 9.65. The maximum atomic E-state index is 13.2. The highest BCUT2D eigenvalue weighted by Crippen LogP contribution is 2.34. The van der Waals surface area contributed by atoms with Gasteiger partial charge in [-0.15, -0.1) is 10.1 Å². The molecule has 1 aliphatic heterocycles. The summed E-state index contributed by atoms with van der Waals surface area (Å²) >= 11 is 0. The molecule has 1 saturated heterocycles. The van der Waals surface area contributed by atoms with Crippen molar-refractivity contribution in [2.24, 2.45) is 0 Å². The number of carbonyl (C=O) groups is 1. The molecule has 2 aromatic heterocycles. The molecule has 146 valence electrons. The number of rotatable bonds is 4. The van der Waals surface area contributed by atoms with E-state index in [0.29, 0.717) is 18.0 Å². The van der Waals surface area contributed by atoms with Crippen molar-refractivity contribution in [3.8, 4) is 11.8 Å². The van der Waals surface area contributed by atoms with Gasteiger partial charge in [-0.2, -0.15) is 4.52 Å². The first-order chi connectivity index (χ1) is 14.2. The van der Waals surface area contributed by atoms with Crippen molar-refractivity contribution in [2.75, 3.05) is 6.54 Å². The zero-order valence-corrected chi connectivity index (χ0v) is 16.0. The Morgan fingerprint density at radius 1 is 1.10 bits per heavy atom. The number of para-hydroxylation sites is 1. The third kappa shape index (κ3) is 3.14. The largest absolute Gasteiger partial charge is 0.423 e. The van der Waals surface area contributed by atoms with Crippen molar-refractivity contribution in [3.63, 3.8) is 0 Å². The molecule has 0 N–H and O–H groups in total. The molecule has 7 nitrogen and oxygen atoms in total. The molecule has 1 atom stereocenters. The van der Waals surface area contributed by atoms with Gasteiger partial charge in [0.25, 0.3) is 5.91 Å². The monoisotopic (exact) mass is 388 g/mol.